The number of nitrogens with one attached hydrogen (secondary N) is 5. The highest BCUT2D eigenvalue weighted by Gasteiger charge is 2.33. The number of urea groups is 1. The number of amides is 2. The number of nitrogens with zero attached hydrogens (tertiary/aromatic N) is 4. The second kappa shape index (κ2) is 11.4. The molecule has 3 heterocycles. The average Bonchev–Trinajstić information content (AvgIpc) is 3.38. The minimum Gasteiger partial charge on any atom is -0.353 e. The van der Waals surface area contributed by atoms with Crippen molar-refractivity contribution < 1.29 is 18.0 Å². The van der Waals surface area contributed by atoms with Gasteiger partial charge in [-0.1, -0.05) is 11.6 Å². The maximum absolute atomic E-state index is 13.1. The van der Waals surface area contributed by atoms with Crippen molar-refractivity contribution in [1.82, 2.24) is 25.5 Å². The zero-order chi connectivity index (χ0) is 28.3. The summed E-state index contributed by atoms with van der Waals surface area (Å²) in [5.74, 6) is 2.60. The Kier molecular flexibility index (Phi) is 7.76. The average molecular weight is 572 g/mol. The molecule has 1 saturated heterocycles. The van der Waals surface area contributed by atoms with Crippen molar-refractivity contribution in [2.75, 3.05) is 47.0 Å². The summed E-state index contributed by atoms with van der Waals surface area (Å²) in [5, 5.41) is 18.5. The number of aromatic amines is 1. The van der Waals surface area contributed by atoms with Gasteiger partial charge in [0.05, 0.1) is 10.6 Å². The monoisotopic (exact) mass is 571 g/mol. The number of hydrogen-bond acceptors (Lipinski definition) is 7. The topological polar surface area (TPSA) is 123 Å². The third-order valence-corrected chi connectivity index (χ3v) is 6.51. The van der Waals surface area contributed by atoms with Crippen LogP contribution in [-0.2, 0) is 6.18 Å². The number of alkyl halides is 3. The van der Waals surface area contributed by atoms with Gasteiger partial charge >= 0.3 is 12.2 Å². The lowest BCUT2D eigenvalue weighted by Gasteiger charge is -2.26. The van der Waals surface area contributed by atoms with Crippen LogP contribution in [0, 0.1) is 6.92 Å². The number of hydrogen-bond donors (Lipinski definition) is 5. The Morgan fingerprint density at radius 2 is 1.75 bits per heavy atom. The van der Waals surface area contributed by atoms with Gasteiger partial charge in [0.2, 0.25) is 0 Å². The van der Waals surface area contributed by atoms with Crippen LogP contribution in [0.1, 0.15) is 11.1 Å². The van der Waals surface area contributed by atoms with E-state index < -0.39 is 22.8 Å². The molecular weight excluding hydrogens is 547 g/mol. The Hall–Kier alpha value is -4.36. The van der Waals surface area contributed by atoms with Gasteiger partial charge in [-0.3, -0.25) is 5.10 Å². The molecular formula is C26H25ClF3N9O. The van der Waals surface area contributed by atoms with Crippen LogP contribution in [-0.4, -0.2) is 52.4 Å². The van der Waals surface area contributed by atoms with E-state index in [9.17, 15) is 18.0 Å². The molecule has 10 nitrogen and oxygen atoms in total. The van der Waals surface area contributed by atoms with Gasteiger partial charge in [0.15, 0.2) is 11.6 Å². The van der Waals surface area contributed by atoms with Gasteiger partial charge in [0, 0.05) is 55.4 Å². The van der Waals surface area contributed by atoms with Crippen molar-refractivity contribution >= 4 is 46.5 Å². The molecule has 2 aromatic carbocycles. The second-order valence-corrected chi connectivity index (χ2v) is 9.48. The largest absolute Gasteiger partial charge is 0.417 e. The number of carbonyl (C=O) groups is 1. The predicted octanol–water partition coefficient (Wildman–Crippen LogP) is 5.64. The smallest absolute Gasteiger partial charge is 0.353 e. The van der Waals surface area contributed by atoms with Crippen LogP contribution in [0.25, 0.3) is 11.4 Å². The molecule has 0 saturated carbocycles. The Morgan fingerprint density at radius 3 is 2.48 bits per heavy atom. The zero-order valence-electron chi connectivity index (χ0n) is 21.2. The predicted molar refractivity (Wildman–Crippen MR) is 148 cm³/mol. The van der Waals surface area contributed by atoms with Gasteiger partial charge < -0.3 is 26.2 Å². The second-order valence-electron chi connectivity index (χ2n) is 9.07. The third-order valence-electron chi connectivity index (χ3n) is 6.18. The molecule has 0 aliphatic carbocycles. The number of piperazine rings is 1. The summed E-state index contributed by atoms with van der Waals surface area (Å²) in [4.78, 5) is 23.6. The van der Waals surface area contributed by atoms with E-state index in [1.165, 1.54) is 6.07 Å². The molecule has 5 N–H and O–H groups in total. The van der Waals surface area contributed by atoms with Crippen LogP contribution in [0.4, 0.5) is 46.8 Å². The number of aromatic nitrogens is 4. The van der Waals surface area contributed by atoms with Crippen molar-refractivity contribution in [2.45, 2.75) is 13.1 Å². The molecule has 1 aliphatic heterocycles. The molecule has 40 heavy (non-hydrogen) atoms. The van der Waals surface area contributed by atoms with Gasteiger partial charge in [0.25, 0.3) is 0 Å². The van der Waals surface area contributed by atoms with Crippen LogP contribution < -0.4 is 26.2 Å². The number of rotatable bonds is 6. The summed E-state index contributed by atoms with van der Waals surface area (Å²) < 4.78 is 39.3. The summed E-state index contributed by atoms with van der Waals surface area (Å²) in [6.45, 7) is 5.43. The third kappa shape index (κ3) is 6.43. The number of halogens is 4. The van der Waals surface area contributed by atoms with E-state index in [1.54, 1.807) is 30.5 Å². The van der Waals surface area contributed by atoms with Crippen molar-refractivity contribution in [1.29, 1.82) is 0 Å². The zero-order valence-corrected chi connectivity index (χ0v) is 22.0. The van der Waals surface area contributed by atoms with E-state index in [0.717, 1.165) is 55.3 Å². The first-order valence-corrected chi connectivity index (χ1v) is 12.7. The number of carbonyl (C=O) groups excluding carboxylic acids is 1. The van der Waals surface area contributed by atoms with Crippen LogP contribution in [0.3, 0.4) is 0 Å². The van der Waals surface area contributed by atoms with Crippen LogP contribution in [0.15, 0.2) is 54.7 Å². The maximum Gasteiger partial charge on any atom is 0.417 e. The van der Waals surface area contributed by atoms with Gasteiger partial charge in [-0.05, 0) is 55.0 Å². The number of aryl methyl sites for hydroxylation is 1. The number of benzene rings is 2. The molecule has 1 fully saturated rings. The molecule has 0 atom stereocenters. The Morgan fingerprint density at radius 1 is 1.02 bits per heavy atom. The first kappa shape index (κ1) is 27.2. The Bertz CT molecular complexity index is 1520. The first-order chi connectivity index (χ1) is 19.2. The highest BCUT2D eigenvalue weighted by molar-refractivity contribution is 6.31. The lowest BCUT2D eigenvalue weighted by molar-refractivity contribution is -0.137. The summed E-state index contributed by atoms with van der Waals surface area (Å²) in [6, 6.07) is 11.3. The quantitative estimate of drug-likeness (QED) is 0.203. The Labute approximate surface area is 232 Å². The van der Waals surface area contributed by atoms with E-state index in [2.05, 4.69) is 46.3 Å². The van der Waals surface area contributed by atoms with Crippen LogP contribution in [0.2, 0.25) is 5.02 Å². The minimum absolute atomic E-state index is 0.0439. The lowest BCUT2D eigenvalue weighted by Crippen LogP contribution is -2.43. The summed E-state index contributed by atoms with van der Waals surface area (Å²) >= 11 is 5.64. The summed E-state index contributed by atoms with van der Waals surface area (Å²) in [5.41, 5.74) is 0.890. The van der Waals surface area contributed by atoms with Crippen molar-refractivity contribution in [3.05, 3.63) is 70.9 Å². The molecule has 4 aromatic rings. The van der Waals surface area contributed by atoms with Crippen molar-refractivity contribution in [2.24, 2.45) is 0 Å². The molecule has 208 valence electrons. The van der Waals surface area contributed by atoms with Crippen LogP contribution in [0.5, 0.6) is 0 Å². The highest BCUT2D eigenvalue weighted by atomic mass is 35.5. The molecule has 2 aromatic heterocycles. The standard InChI is InChI=1S/C26H25ClF3N9O/c1-15-12-16(33-25(40)34-17-3-5-20(27)19(13-17)26(28,29)30)2-4-18(15)24-32-7-6-21(36-24)35-22-14-23(38-37-22)39-10-8-31-9-11-39/h2-7,12-14,31H,8-11H2,1H3,(H2,33,34,40)(H2,32,35,36,37,38). The maximum atomic E-state index is 13.1. The molecule has 14 heteroatoms. The number of anilines is 5. The van der Waals surface area contributed by atoms with E-state index in [4.69, 9.17) is 11.6 Å². The van der Waals surface area contributed by atoms with E-state index in [-0.39, 0.29) is 5.69 Å². The van der Waals surface area contributed by atoms with E-state index >= 15 is 0 Å². The minimum atomic E-state index is -4.64. The van der Waals surface area contributed by atoms with Crippen LogP contribution >= 0.6 is 11.6 Å². The van der Waals surface area contributed by atoms with Crippen molar-refractivity contribution in [3.63, 3.8) is 0 Å². The Balaban J connectivity index is 1.24. The fraction of sp³-hybridized carbons (Fsp3) is 0.231. The van der Waals surface area contributed by atoms with E-state index in [0.29, 0.717) is 23.1 Å². The fourth-order valence-electron chi connectivity index (χ4n) is 4.23. The van der Waals surface area contributed by atoms with Gasteiger partial charge in [-0.15, -0.1) is 0 Å². The molecule has 0 spiro atoms. The molecule has 5 rings (SSSR count). The van der Waals surface area contributed by atoms with Gasteiger partial charge in [0.1, 0.15) is 11.6 Å². The SMILES string of the molecule is Cc1cc(NC(=O)Nc2ccc(Cl)c(C(F)(F)F)c2)ccc1-c1nccc(Nc2cc(N3CCNCC3)n[nH]2)n1. The molecule has 0 unspecified atom stereocenters. The van der Waals surface area contributed by atoms with Crippen molar-refractivity contribution in [3.8, 4) is 11.4 Å². The molecule has 1 aliphatic rings. The summed E-state index contributed by atoms with van der Waals surface area (Å²) in [7, 11) is 0. The lowest BCUT2D eigenvalue weighted by atomic mass is 10.1. The van der Waals surface area contributed by atoms with E-state index in [1.807, 2.05) is 13.0 Å². The van der Waals surface area contributed by atoms with Gasteiger partial charge in [-0.2, -0.15) is 18.3 Å². The van der Waals surface area contributed by atoms with Gasteiger partial charge in [-0.25, -0.2) is 14.8 Å². The normalized spacial score (nSPS) is 13.7. The number of H-pyrrole nitrogens is 1. The first-order valence-electron chi connectivity index (χ1n) is 12.3. The molecule has 0 radical (unpaired) electrons. The molecule has 0 bridgehead atoms. The molecule has 2 amide bonds. The summed E-state index contributed by atoms with van der Waals surface area (Å²) in [6.07, 6.45) is -3.00. The fourth-order valence-corrected chi connectivity index (χ4v) is 4.46. The highest BCUT2D eigenvalue weighted by Crippen LogP contribution is 2.36.